The van der Waals surface area contributed by atoms with Crippen molar-refractivity contribution in [3.63, 3.8) is 0 Å². The topological polar surface area (TPSA) is 298 Å². The van der Waals surface area contributed by atoms with Crippen LogP contribution in [0.15, 0.2) is 35.3 Å². The Morgan fingerprint density at radius 2 is 1.75 bits per heavy atom. The SMILES string of the molecule is C=Nc1c(N)nc(NCc2ccccc2)nc1NC1CC(O)C(COP(=O)(O)OP(=O)(O)OP(=O)(O)O)O1.CO. The van der Waals surface area contributed by atoms with E-state index in [0.717, 1.165) is 12.7 Å². The molecule has 19 nitrogen and oxygen atoms in total. The first-order valence-corrected chi connectivity index (χ1v) is 15.4. The fraction of sp³-hybridized carbons (Fsp3) is 0.389. The molecular formula is C18H29N6O13P3. The quantitative estimate of drug-likeness (QED) is 0.109. The molecule has 1 aliphatic rings. The molecule has 22 heteroatoms. The lowest BCUT2D eigenvalue weighted by Gasteiger charge is -2.20. The van der Waals surface area contributed by atoms with E-state index in [9.17, 15) is 28.6 Å². The summed E-state index contributed by atoms with van der Waals surface area (Å²) in [7, 11) is -15.6. The number of hydrogen-bond acceptors (Lipinski definition) is 15. The van der Waals surface area contributed by atoms with Crippen LogP contribution in [0, 0.1) is 0 Å². The number of aromatic nitrogens is 2. The van der Waals surface area contributed by atoms with Gasteiger partial charge >= 0.3 is 23.5 Å². The van der Waals surface area contributed by atoms with Gasteiger partial charge in [-0.05, 0) is 12.3 Å². The Labute approximate surface area is 227 Å². The second-order valence-electron chi connectivity index (χ2n) is 7.62. The predicted molar refractivity (Wildman–Crippen MR) is 140 cm³/mol. The van der Waals surface area contributed by atoms with E-state index in [1.54, 1.807) is 0 Å². The molecule has 0 spiro atoms. The molecule has 1 saturated heterocycles. The van der Waals surface area contributed by atoms with Gasteiger partial charge in [0.25, 0.3) is 0 Å². The van der Waals surface area contributed by atoms with Gasteiger partial charge in [-0.15, -0.1) is 0 Å². The zero-order valence-electron chi connectivity index (χ0n) is 20.7. The third kappa shape index (κ3) is 10.9. The van der Waals surface area contributed by atoms with Gasteiger partial charge in [0, 0.05) is 20.1 Å². The maximum absolute atomic E-state index is 11.9. The number of nitrogen functional groups attached to an aromatic ring is 1. The average Bonchev–Trinajstić information content (AvgIpc) is 3.20. The van der Waals surface area contributed by atoms with Gasteiger partial charge in [0.2, 0.25) is 5.95 Å². The molecule has 2 heterocycles. The molecule has 3 rings (SSSR count). The molecule has 1 aromatic heterocycles. The van der Waals surface area contributed by atoms with E-state index < -0.39 is 48.5 Å². The van der Waals surface area contributed by atoms with E-state index in [1.165, 1.54) is 0 Å². The number of phosphoric acid groups is 3. The van der Waals surface area contributed by atoms with E-state index in [2.05, 4.69) is 45.5 Å². The van der Waals surface area contributed by atoms with Crippen LogP contribution in [0.3, 0.4) is 0 Å². The molecule has 1 aromatic carbocycles. The summed E-state index contributed by atoms with van der Waals surface area (Å²) in [6.45, 7) is 2.99. The largest absolute Gasteiger partial charge is 0.490 e. The Morgan fingerprint density at radius 3 is 2.35 bits per heavy atom. The van der Waals surface area contributed by atoms with Crippen molar-refractivity contribution in [2.24, 2.45) is 4.99 Å². The van der Waals surface area contributed by atoms with Crippen molar-refractivity contribution in [2.75, 3.05) is 30.1 Å². The number of nitrogens with zero attached hydrogens (tertiary/aromatic N) is 3. The Bertz CT molecular complexity index is 1280. The van der Waals surface area contributed by atoms with E-state index in [1.807, 2.05) is 30.3 Å². The number of aliphatic hydroxyl groups is 2. The maximum Gasteiger partial charge on any atom is 0.490 e. The second-order valence-corrected chi connectivity index (χ2v) is 12.0. The first kappa shape index (κ1) is 33.9. The van der Waals surface area contributed by atoms with Crippen molar-refractivity contribution in [2.45, 2.75) is 31.4 Å². The number of aliphatic imine (C=N–C) groups is 1. The van der Waals surface area contributed by atoms with Crippen molar-refractivity contribution in [1.82, 2.24) is 9.97 Å². The molecule has 1 aliphatic heterocycles. The van der Waals surface area contributed by atoms with Crippen LogP contribution in [-0.2, 0) is 38.1 Å². The molecule has 0 aliphatic carbocycles. The van der Waals surface area contributed by atoms with E-state index in [0.29, 0.717) is 6.54 Å². The summed E-state index contributed by atoms with van der Waals surface area (Å²) in [6.07, 6.45) is -3.50. The number of hydrogen-bond donors (Lipinski definition) is 9. The lowest BCUT2D eigenvalue weighted by Crippen LogP contribution is -2.26. The van der Waals surface area contributed by atoms with Gasteiger partial charge in [-0.3, -0.25) is 9.52 Å². The molecule has 0 saturated carbocycles. The van der Waals surface area contributed by atoms with Gasteiger partial charge in [-0.1, -0.05) is 30.3 Å². The summed E-state index contributed by atoms with van der Waals surface area (Å²) >= 11 is 0. The minimum Gasteiger partial charge on any atom is -0.400 e. The Hall–Kier alpha value is -2.34. The highest BCUT2D eigenvalue weighted by Crippen LogP contribution is 2.66. The summed E-state index contributed by atoms with van der Waals surface area (Å²) in [5, 5.41) is 23.2. The summed E-state index contributed by atoms with van der Waals surface area (Å²) < 4.78 is 51.4. The zero-order chi connectivity index (χ0) is 30.1. The number of rotatable bonds is 13. The Balaban J connectivity index is 0.00000274. The summed E-state index contributed by atoms with van der Waals surface area (Å²) in [4.78, 5) is 48.2. The predicted octanol–water partition coefficient (Wildman–Crippen LogP) is 0.843. The zero-order valence-corrected chi connectivity index (χ0v) is 23.4. The van der Waals surface area contributed by atoms with Gasteiger partial charge < -0.3 is 50.9 Å². The van der Waals surface area contributed by atoms with Crippen molar-refractivity contribution in [3.8, 4) is 0 Å². The molecule has 0 bridgehead atoms. The fourth-order valence-corrected chi connectivity index (χ4v) is 6.21. The minimum absolute atomic E-state index is 0.00387. The smallest absolute Gasteiger partial charge is 0.400 e. The first-order valence-electron chi connectivity index (χ1n) is 10.9. The van der Waals surface area contributed by atoms with Crippen LogP contribution in [0.1, 0.15) is 12.0 Å². The minimum atomic E-state index is -5.68. The Morgan fingerprint density at radius 1 is 1.10 bits per heavy atom. The molecule has 0 radical (unpaired) electrons. The molecule has 224 valence electrons. The number of phosphoric ester groups is 1. The normalized spacial score (nSPS) is 21.8. The standard InChI is InChI=1S/C17H25N6O12P3.CH4O/c1-19-14-15(18)22-17(20-8-10-5-3-2-4-6-10)23-16(14)21-13-7-11(24)12(33-13)9-32-37(28,29)35-38(30,31)34-36(25,26)27;1-2/h2-6,11-13,24H,1,7-9H2,(H,28,29)(H,30,31)(H2,25,26,27)(H4,18,20,21,22,23);2H,1H3. The van der Waals surface area contributed by atoms with Crippen LogP contribution in [0.5, 0.6) is 0 Å². The van der Waals surface area contributed by atoms with Crippen LogP contribution in [-0.4, -0.2) is 78.6 Å². The van der Waals surface area contributed by atoms with E-state index >= 15 is 0 Å². The van der Waals surface area contributed by atoms with Crippen molar-refractivity contribution in [1.29, 1.82) is 0 Å². The molecule has 1 fully saturated rings. The number of nitrogens with two attached hydrogens (primary N) is 1. The van der Waals surface area contributed by atoms with Crippen LogP contribution in [0.25, 0.3) is 0 Å². The third-order valence-corrected chi connectivity index (χ3v) is 8.50. The second kappa shape index (κ2) is 14.5. The Kier molecular flexibility index (Phi) is 12.3. The van der Waals surface area contributed by atoms with Crippen LogP contribution in [0.2, 0.25) is 0 Å². The molecule has 40 heavy (non-hydrogen) atoms. The molecule has 5 atom stereocenters. The van der Waals surface area contributed by atoms with Crippen LogP contribution in [0.4, 0.5) is 23.3 Å². The van der Waals surface area contributed by atoms with Crippen LogP contribution >= 0.6 is 23.5 Å². The lowest BCUT2D eigenvalue weighted by molar-refractivity contribution is -0.0147. The number of anilines is 3. The fourth-order valence-electron chi connectivity index (χ4n) is 3.18. The van der Waals surface area contributed by atoms with Gasteiger partial charge in [-0.25, -0.2) is 13.7 Å². The molecule has 0 amide bonds. The van der Waals surface area contributed by atoms with Gasteiger partial charge in [-0.2, -0.15) is 18.6 Å². The molecular weight excluding hydrogens is 601 g/mol. The highest BCUT2D eigenvalue weighted by atomic mass is 31.3. The van der Waals surface area contributed by atoms with Crippen LogP contribution < -0.4 is 16.4 Å². The molecule has 5 unspecified atom stereocenters. The van der Waals surface area contributed by atoms with Gasteiger partial charge in [0.1, 0.15) is 18.0 Å². The van der Waals surface area contributed by atoms with Gasteiger partial charge in [0.05, 0.1) is 12.7 Å². The number of aliphatic hydroxyl groups excluding tert-OH is 2. The van der Waals surface area contributed by atoms with E-state index in [-0.39, 0.29) is 29.7 Å². The molecule has 2 aromatic rings. The number of nitrogens with one attached hydrogen (secondary N) is 2. The summed E-state index contributed by atoms with van der Waals surface area (Å²) in [5.74, 6) is 0.258. The average molecular weight is 630 g/mol. The van der Waals surface area contributed by atoms with Crippen molar-refractivity contribution >= 4 is 53.5 Å². The van der Waals surface area contributed by atoms with E-state index in [4.69, 9.17) is 25.4 Å². The summed E-state index contributed by atoms with van der Waals surface area (Å²) in [5.41, 5.74) is 7.02. The maximum atomic E-state index is 11.9. The third-order valence-electron chi connectivity index (χ3n) is 4.70. The van der Waals surface area contributed by atoms with Gasteiger partial charge in [0.15, 0.2) is 11.6 Å². The molecule has 10 N–H and O–H groups in total. The highest BCUT2D eigenvalue weighted by Gasteiger charge is 2.42. The van der Waals surface area contributed by atoms with Crippen molar-refractivity contribution < 1.29 is 61.4 Å². The number of benzene rings is 1. The number of ether oxygens (including phenoxy) is 1. The monoisotopic (exact) mass is 630 g/mol. The first-order chi connectivity index (χ1) is 18.7. The highest BCUT2D eigenvalue weighted by molar-refractivity contribution is 7.66. The van der Waals surface area contributed by atoms with Crippen molar-refractivity contribution in [3.05, 3.63) is 35.9 Å². The lowest BCUT2D eigenvalue weighted by atomic mass is 10.2. The summed E-state index contributed by atoms with van der Waals surface area (Å²) in [6, 6.07) is 9.40.